The monoisotopic (exact) mass is 552 g/mol. The van der Waals surface area contributed by atoms with Gasteiger partial charge in [-0.3, -0.25) is 9.69 Å². The maximum Gasteiger partial charge on any atom is 0.247 e. The number of nitrogens with one attached hydrogen (secondary N) is 2. The van der Waals surface area contributed by atoms with Crippen LogP contribution < -0.4 is 15.5 Å². The molecule has 5 rings (SSSR count). The Morgan fingerprint density at radius 3 is 2.49 bits per heavy atom. The lowest BCUT2D eigenvalue weighted by Crippen LogP contribution is -2.50. The average Bonchev–Trinajstić information content (AvgIpc) is 2.96. The van der Waals surface area contributed by atoms with E-state index >= 15 is 0 Å². The fourth-order valence-electron chi connectivity index (χ4n) is 5.20. The summed E-state index contributed by atoms with van der Waals surface area (Å²) in [7, 11) is 0. The van der Waals surface area contributed by atoms with Gasteiger partial charge >= 0.3 is 0 Å². The van der Waals surface area contributed by atoms with Crippen molar-refractivity contribution < 1.29 is 15.0 Å². The number of carbonyl (C=O) groups is 1. The highest BCUT2D eigenvalue weighted by Crippen LogP contribution is 2.33. The van der Waals surface area contributed by atoms with Crippen LogP contribution in [0.2, 0.25) is 0 Å². The van der Waals surface area contributed by atoms with E-state index in [9.17, 15) is 15.0 Å². The summed E-state index contributed by atoms with van der Waals surface area (Å²) >= 11 is 0. The summed E-state index contributed by atoms with van der Waals surface area (Å²) in [5.74, 6) is 0.146. The molecule has 1 aliphatic rings. The molecule has 0 aliphatic carbocycles. The van der Waals surface area contributed by atoms with Crippen LogP contribution in [-0.4, -0.2) is 69.3 Å². The molecule has 4 N–H and O–H groups in total. The minimum atomic E-state index is -0.687. The van der Waals surface area contributed by atoms with Crippen molar-refractivity contribution in [1.82, 2.24) is 14.9 Å². The molecule has 3 aromatic carbocycles. The SMILES string of the molecule is C=CC(=O)Nc1cccc(-c2c(CO)ccc3cnc(Nc4ccc(N5CCN(CC(C)(C)O)CC5)cc4)nc23)c1. The van der Waals surface area contributed by atoms with Crippen LogP contribution in [0.1, 0.15) is 19.4 Å². The van der Waals surface area contributed by atoms with Gasteiger partial charge in [0.15, 0.2) is 0 Å². The summed E-state index contributed by atoms with van der Waals surface area (Å²) in [5, 5.41) is 27.2. The Hall–Kier alpha value is -4.31. The number of fused-ring (bicyclic) bond motifs is 1. The third kappa shape index (κ3) is 6.89. The topological polar surface area (TPSA) is 114 Å². The van der Waals surface area contributed by atoms with Gasteiger partial charge < -0.3 is 25.7 Å². The molecule has 2 heterocycles. The second-order valence-corrected chi connectivity index (χ2v) is 10.9. The van der Waals surface area contributed by atoms with Gasteiger partial charge in [-0.15, -0.1) is 0 Å². The first kappa shape index (κ1) is 28.2. The van der Waals surface area contributed by atoms with Crippen molar-refractivity contribution in [2.75, 3.05) is 48.3 Å². The number of aliphatic hydroxyl groups is 2. The van der Waals surface area contributed by atoms with Crippen LogP contribution in [0.25, 0.3) is 22.0 Å². The molecule has 0 bridgehead atoms. The molecule has 1 amide bonds. The fourth-order valence-corrected chi connectivity index (χ4v) is 5.20. The Morgan fingerprint density at radius 2 is 1.80 bits per heavy atom. The van der Waals surface area contributed by atoms with E-state index < -0.39 is 5.60 Å². The zero-order chi connectivity index (χ0) is 29.0. The Balaban J connectivity index is 1.36. The molecule has 1 aliphatic heterocycles. The van der Waals surface area contributed by atoms with E-state index in [0.717, 1.165) is 59.6 Å². The minimum Gasteiger partial charge on any atom is -0.392 e. The van der Waals surface area contributed by atoms with Gasteiger partial charge in [-0.25, -0.2) is 9.97 Å². The van der Waals surface area contributed by atoms with E-state index in [4.69, 9.17) is 4.98 Å². The summed E-state index contributed by atoms with van der Waals surface area (Å²) in [6.07, 6.45) is 2.99. The van der Waals surface area contributed by atoms with Crippen LogP contribution in [0.5, 0.6) is 0 Å². The summed E-state index contributed by atoms with van der Waals surface area (Å²) in [4.78, 5) is 25.9. The van der Waals surface area contributed by atoms with E-state index in [-0.39, 0.29) is 12.5 Å². The number of amides is 1. The number of hydrogen-bond acceptors (Lipinski definition) is 8. The highest BCUT2D eigenvalue weighted by molar-refractivity contribution is 6.00. The van der Waals surface area contributed by atoms with E-state index in [1.807, 2.05) is 56.3 Å². The minimum absolute atomic E-state index is 0.158. The molecule has 9 nitrogen and oxygen atoms in total. The quantitative estimate of drug-likeness (QED) is 0.224. The van der Waals surface area contributed by atoms with Crippen LogP contribution in [0.15, 0.2) is 79.5 Å². The smallest absolute Gasteiger partial charge is 0.247 e. The number of benzene rings is 3. The van der Waals surface area contributed by atoms with Gasteiger partial charge in [0.2, 0.25) is 11.9 Å². The van der Waals surface area contributed by atoms with Crippen LogP contribution in [0.4, 0.5) is 23.0 Å². The Morgan fingerprint density at radius 1 is 1.05 bits per heavy atom. The lowest BCUT2D eigenvalue weighted by atomic mass is 9.96. The van der Waals surface area contributed by atoms with Gasteiger partial charge in [-0.05, 0) is 67.4 Å². The zero-order valence-corrected chi connectivity index (χ0v) is 23.5. The number of hydrogen-bond donors (Lipinski definition) is 4. The maximum atomic E-state index is 11.8. The molecule has 0 radical (unpaired) electrons. The van der Waals surface area contributed by atoms with Crippen molar-refractivity contribution in [1.29, 1.82) is 0 Å². The van der Waals surface area contributed by atoms with Gasteiger partial charge in [-0.2, -0.15) is 0 Å². The molecule has 1 saturated heterocycles. The van der Waals surface area contributed by atoms with Gasteiger partial charge in [-0.1, -0.05) is 30.8 Å². The molecular weight excluding hydrogens is 516 g/mol. The average molecular weight is 553 g/mol. The summed E-state index contributed by atoms with van der Waals surface area (Å²) in [6.45, 7) is 11.4. The van der Waals surface area contributed by atoms with Gasteiger partial charge in [0, 0.05) is 66.9 Å². The molecule has 41 heavy (non-hydrogen) atoms. The Labute approximate surface area is 240 Å². The van der Waals surface area contributed by atoms with Crippen molar-refractivity contribution in [3.05, 3.63) is 85.1 Å². The van der Waals surface area contributed by atoms with Gasteiger partial charge in [0.25, 0.3) is 0 Å². The maximum absolute atomic E-state index is 11.8. The van der Waals surface area contributed by atoms with Crippen LogP contribution in [0.3, 0.4) is 0 Å². The van der Waals surface area contributed by atoms with Gasteiger partial charge in [0.1, 0.15) is 0 Å². The summed E-state index contributed by atoms with van der Waals surface area (Å²) in [6, 6.07) is 19.4. The Kier molecular flexibility index (Phi) is 8.30. The van der Waals surface area contributed by atoms with Crippen LogP contribution >= 0.6 is 0 Å². The molecule has 0 spiro atoms. The highest BCUT2D eigenvalue weighted by Gasteiger charge is 2.23. The number of aromatic nitrogens is 2. The molecule has 1 aromatic heterocycles. The van der Waals surface area contributed by atoms with E-state index in [1.165, 1.54) is 6.08 Å². The molecule has 4 aromatic rings. The normalized spacial score (nSPS) is 14.2. The van der Waals surface area contributed by atoms with E-state index in [0.29, 0.717) is 23.7 Å². The van der Waals surface area contributed by atoms with Crippen molar-refractivity contribution in [3.8, 4) is 11.1 Å². The lowest BCUT2D eigenvalue weighted by molar-refractivity contribution is -0.111. The van der Waals surface area contributed by atoms with Crippen molar-refractivity contribution in [2.45, 2.75) is 26.1 Å². The number of aliphatic hydroxyl groups excluding tert-OH is 1. The van der Waals surface area contributed by atoms with E-state index in [1.54, 1.807) is 12.3 Å². The summed E-state index contributed by atoms with van der Waals surface area (Å²) < 4.78 is 0. The third-order valence-electron chi connectivity index (χ3n) is 7.09. The van der Waals surface area contributed by atoms with Gasteiger partial charge in [0.05, 0.1) is 17.7 Å². The first-order valence-electron chi connectivity index (χ1n) is 13.7. The lowest BCUT2D eigenvalue weighted by Gasteiger charge is -2.38. The van der Waals surface area contributed by atoms with Crippen molar-refractivity contribution in [2.24, 2.45) is 0 Å². The molecule has 0 saturated carbocycles. The van der Waals surface area contributed by atoms with Crippen molar-refractivity contribution >= 4 is 39.8 Å². The Bertz CT molecular complexity index is 1540. The predicted molar refractivity (Wildman–Crippen MR) is 164 cm³/mol. The molecule has 9 heteroatoms. The largest absolute Gasteiger partial charge is 0.392 e. The standard InChI is InChI=1S/C32H36N6O3/c1-4-28(40)34-26-7-5-6-22(18-26)29-24(20-39)9-8-23-19-33-31(36-30(23)29)35-25-10-12-27(13-11-25)38-16-14-37(15-17-38)21-32(2,3)41/h4-13,18-19,39,41H,1,14-17,20-21H2,2-3H3,(H,34,40)(H,33,35,36). The fraction of sp³-hybridized carbons (Fsp3) is 0.281. The van der Waals surface area contributed by atoms with E-state index in [2.05, 4.69) is 44.1 Å². The molecule has 0 unspecified atom stereocenters. The van der Waals surface area contributed by atoms with Crippen molar-refractivity contribution in [3.63, 3.8) is 0 Å². The number of β-amino-alcohol motifs (C(OH)–C–C–N with tert-alkyl or cyclic N) is 1. The molecular formula is C32H36N6O3. The first-order valence-corrected chi connectivity index (χ1v) is 13.7. The molecule has 0 atom stereocenters. The second-order valence-electron chi connectivity index (χ2n) is 10.9. The number of anilines is 4. The number of nitrogens with zero attached hydrogens (tertiary/aromatic N) is 4. The second kappa shape index (κ2) is 12.1. The number of piperazine rings is 1. The van der Waals surface area contributed by atoms with Crippen LogP contribution in [-0.2, 0) is 11.4 Å². The first-order chi connectivity index (χ1) is 19.7. The summed E-state index contributed by atoms with van der Waals surface area (Å²) in [5.41, 5.74) is 4.97. The number of rotatable bonds is 9. The molecule has 212 valence electrons. The van der Waals surface area contributed by atoms with Crippen LogP contribution in [0, 0.1) is 0 Å². The zero-order valence-electron chi connectivity index (χ0n) is 23.5. The highest BCUT2D eigenvalue weighted by atomic mass is 16.3. The third-order valence-corrected chi connectivity index (χ3v) is 7.09. The predicted octanol–water partition coefficient (Wildman–Crippen LogP) is 4.55. The number of carbonyl (C=O) groups excluding carboxylic acids is 1. The molecule has 1 fully saturated rings.